The van der Waals surface area contributed by atoms with Crippen molar-refractivity contribution in [3.8, 4) is 11.8 Å². The molecule has 156 valence electrons. The SMILES string of the molecule is CNC(=O)C1([C@@H](O)[C@@H](O)n2cnc3c(NC)nc(C#Cc4ncco4)nc32)CC1C. The van der Waals surface area contributed by atoms with Crippen LogP contribution in [0.1, 0.15) is 31.3 Å². The van der Waals surface area contributed by atoms with E-state index in [1.165, 1.54) is 30.4 Å². The molecule has 11 heteroatoms. The van der Waals surface area contributed by atoms with Crippen molar-refractivity contribution in [2.45, 2.75) is 25.7 Å². The van der Waals surface area contributed by atoms with Crippen LogP contribution < -0.4 is 10.6 Å². The third-order valence-corrected chi connectivity index (χ3v) is 5.48. The first-order chi connectivity index (χ1) is 14.4. The average Bonchev–Trinajstić information content (AvgIpc) is 3.12. The minimum absolute atomic E-state index is 0.0680. The number of fused-ring (bicyclic) bond motifs is 1. The molecule has 1 fully saturated rings. The molecule has 0 aromatic carbocycles. The Kier molecular flexibility index (Phi) is 4.89. The molecule has 0 aliphatic heterocycles. The van der Waals surface area contributed by atoms with Gasteiger partial charge in [0.2, 0.25) is 11.7 Å². The number of rotatable bonds is 5. The zero-order valence-corrected chi connectivity index (χ0v) is 16.6. The second kappa shape index (κ2) is 7.40. The van der Waals surface area contributed by atoms with Crippen molar-refractivity contribution in [3.05, 3.63) is 30.5 Å². The molecule has 1 amide bonds. The van der Waals surface area contributed by atoms with Crippen LogP contribution in [0.25, 0.3) is 11.2 Å². The second-order valence-corrected chi connectivity index (χ2v) is 7.14. The van der Waals surface area contributed by atoms with Crippen LogP contribution in [0.5, 0.6) is 0 Å². The first kappa shape index (κ1) is 19.8. The third kappa shape index (κ3) is 3.06. The molecule has 0 spiro atoms. The molecule has 1 saturated carbocycles. The standard InChI is InChI=1S/C19H21N7O4/c1-10-8-19(10,18(29)21-3)14(27)17(28)26-9-23-13-15(20-2)24-11(25-16(13)26)4-5-12-22-6-7-30-12/h6-7,9-10,14,17,27-28H,8H2,1-3H3,(H,21,29)(H,20,24,25)/t10?,14-,17+,19?/m0/s1. The summed E-state index contributed by atoms with van der Waals surface area (Å²) in [7, 11) is 3.18. The highest BCUT2D eigenvalue weighted by molar-refractivity contribution is 5.87. The van der Waals surface area contributed by atoms with Crippen LogP contribution in [-0.4, -0.2) is 60.8 Å². The first-order valence-electron chi connectivity index (χ1n) is 9.34. The van der Waals surface area contributed by atoms with Crippen LogP contribution in [0.4, 0.5) is 5.82 Å². The lowest BCUT2D eigenvalue weighted by Crippen LogP contribution is -2.43. The van der Waals surface area contributed by atoms with E-state index in [2.05, 4.69) is 42.4 Å². The van der Waals surface area contributed by atoms with Gasteiger partial charge in [0.15, 0.2) is 23.2 Å². The lowest BCUT2D eigenvalue weighted by molar-refractivity contribution is -0.139. The fourth-order valence-electron chi connectivity index (χ4n) is 3.70. The summed E-state index contributed by atoms with van der Waals surface area (Å²) in [6, 6.07) is 0. The maximum absolute atomic E-state index is 12.4. The van der Waals surface area contributed by atoms with Gasteiger partial charge in [-0.05, 0) is 18.3 Å². The highest BCUT2D eigenvalue weighted by atomic mass is 16.3. The number of imidazole rings is 1. The summed E-state index contributed by atoms with van der Waals surface area (Å²) in [5.41, 5.74) is -0.404. The number of hydrogen-bond acceptors (Lipinski definition) is 9. The van der Waals surface area contributed by atoms with E-state index in [0.29, 0.717) is 17.8 Å². The molecule has 4 N–H and O–H groups in total. The highest BCUT2D eigenvalue weighted by Gasteiger charge is 2.63. The van der Waals surface area contributed by atoms with Crippen LogP contribution in [0.2, 0.25) is 0 Å². The summed E-state index contributed by atoms with van der Waals surface area (Å²) < 4.78 is 6.39. The van der Waals surface area contributed by atoms with E-state index in [0.717, 1.165) is 0 Å². The lowest BCUT2D eigenvalue weighted by Gasteiger charge is -2.27. The van der Waals surface area contributed by atoms with Gasteiger partial charge in [-0.2, -0.15) is 0 Å². The Morgan fingerprint density at radius 3 is 2.70 bits per heavy atom. The Morgan fingerprint density at radius 1 is 1.33 bits per heavy atom. The molecule has 3 heterocycles. The number of nitrogens with one attached hydrogen (secondary N) is 2. The monoisotopic (exact) mass is 411 g/mol. The molecular weight excluding hydrogens is 390 g/mol. The molecule has 4 rings (SSSR count). The maximum Gasteiger partial charge on any atom is 0.273 e. The second-order valence-electron chi connectivity index (χ2n) is 7.14. The number of anilines is 1. The predicted molar refractivity (Wildman–Crippen MR) is 105 cm³/mol. The summed E-state index contributed by atoms with van der Waals surface area (Å²) in [6.07, 6.45) is 1.91. The summed E-state index contributed by atoms with van der Waals surface area (Å²) in [5, 5.41) is 27.3. The van der Waals surface area contributed by atoms with Crippen molar-refractivity contribution < 1.29 is 19.4 Å². The van der Waals surface area contributed by atoms with Gasteiger partial charge in [0.25, 0.3) is 5.89 Å². The number of amides is 1. The van der Waals surface area contributed by atoms with Gasteiger partial charge in [0, 0.05) is 20.0 Å². The van der Waals surface area contributed by atoms with Gasteiger partial charge in [-0.15, -0.1) is 0 Å². The number of hydrogen-bond donors (Lipinski definition) is 4. The van der Waals surface area contributed by atoms with E-state index >= 15 is 0 Å². The maximum atomic E-state index is 12.4. The molecule has 1 aliphatic carbocycles. The van der Waals surface area contributed by atoms with Crippen molar-refractivity contribution in [1.29, 1.82) is 0 Å². The number of carbonyl (C=O) groups excluding carboxylic acids is 1. The molecule has 11 nitrogen and oxygen atoms in total. The van der Waals surface area contributed by atoms with Gasteiger partial charge in [-0.25, -0.2) is 19.9 Å². The van der Waals surface area contributed by atoms with E-state index in [-0.39, 0.29) is 29.2 Å². The molecule has 1 aliphatic rings. The van der Waals surface area contributed by atoms with Crippen LogP contribution in [0.15, 0.2) is 23.2 Å². The molecule has 0 bridgehead atoms. The van der Waals surface area contributed by atoms with E-state index in [1.807, 2.05) is 6.92 Å². The number of carbonyl (C=O) groups is 1. The molecule has 30 heavy (non-hydrogen) atoms. The summed E-state index contributed by atoms with van der Waals surface area (Å²) in [6.45, 7) is 1.86. The fourth-order valence-corrected chi connectivity index (χ4v) is 3.70. The van der Waals surface area contributed by atoms with Gasteiger partial charge in [-0.1, -0.05) is 6.92 Å². The third-order valence-electron chi connectivity index (χ3n) is 5.48. The van der Waals surface area contributed by atoms with Gasteiger partial charge in [0.05, 0.1) is 17.9 Å². The van der Waals surface area contributed by atoms with Crippen molar-refractivity contribution in [2.75, 3.05) is 19.4 Å². The Hall–Kier alpha value is -3.49. The predicted octanol–water partition coefficient (Wildman–Crippen LogP) is -0.120. The Balaban J connectivity index is 1.74. The number of oxazole rings is 1. The van der Waals surface area contributed by atoms with Crippen molar-refractivity contribution in [1.82, 2.24) is 29.8 Å². The van der Waals surface area contributed by atoms with Crippen molar-refractivity contribution in [3.63, 3.8) is 0 Å². The smallest absolute Gasteiger partial charge is 0.273 e. The van der Waals surface area contributed by atoms with Crippen LogP contribution in [-0.2, 0) is 4.79 Å². The van der Waals surface area contributed by atoms with Crippen molar-refractivity contribution in [2.24, 2.45) is 11.3 Å². The Labute approximate surface area is 171 Å². The largest absolute Gasteiger partial charge is 0.439 e. The van der Waals surface area contributed by atoms with Crippen LogP contribution in [0.3, 0.4) is 0 Å². The lowest BCUT2D eigenvalue weighted by atomic mass is 9.93. The number of aromatic nitrogens is 5. The summed E-state index contributed by atoms with van der Waals surface area (Å²) in [4.78, 5) is 29.2. The number of aliphatic hydroxyl groups is 2. The molecular formula is C19H21N7O4. The molecule has 3 aromatic heterocycles. The first-order valence-corrected chi connectivity index (χ1v) is 9.34. The molecule has 0 saturated heterocycles. The van der Waals surface area contributed by atoms with E-state index in [4.69, 9.17) is 4.42 Å². The molecule has 4 atom stereocenters. The van der Waals surface area contributed by atoms with E-state index < -0.39 is 17.7 Å². The van der Waals surface area contributed by atoms with E-state index in [1.54, 1.807) is 7.05 Å². The molecule has 3 aromatic rings. The zero-order valence-electron chi connectivity index (χ0n) is 16.6. The van der Waals surface area contributed by atoms with Crippen LogP contribution >= 0.6 is 0 Å². The quantitative estimate of drug-likeness (QED) is 0.421. The summed E-state index contributed by atoms with van der Waals surface area (Å²) >= 11 is 0. The molecule has 2 unspecified atom stereocenters. The average molecular weight is 411 g/mol. The number of nitrogens with zero attached hydrogens (tertiary/aromatic N) is 5. The van der Waals surface area contributed by atoms with Gasteiger partial charge in [-0.3, -0.25) is 9.36 Å². The van der Waals surface area contributed by atoms with Crippen molar-refractivity contribution >= 4 is 22.9 Å². The zero-order chi connectivity index (χ0) is 21.5. The summed E-state index contributed by atoms with van der Waals surface area (Å²) in [5.74, 6) is 5.85. The Bertz CT molecular complexity index is 1150. The van der Waals surface area contributed by atoms with Crippen LogP contribution in [0, 0.1) is 23.2 Å². The van der Waals surface area contributed by atoms with Gasteiger partial charge < -0.3 is 25.3 Å². The Morgan fingerprint density at radius 2 is 2.10 bits per heavy atom. The minimum atomic E-state index is -1.44. The minimum Gasteiger partial charge on any atom is -0.439 e. The topological polar surface area (TPSA) is 151 Å². The number of aliphatic hydroxyl groups excluding tert-OH is 2. The molecule has 0 radical (unpaired) electrons. The van der Waals surface area contributed by atoms with Gasteiger partial charge >= 0.3 is 0 Å². The highest BCUT2D eigenvalue weighted by Crippen LogP contribution is 2.57. The normalized spacial score (nSPS) is 22.1. The fraction of sp³-hybridized carbons (Fsp3) is 0.421. The van der Waals surface area contributed by atoms with E-state index in [9.17, 15) is 15.0 Å². The van der Waals surface area contributed by atoms with Gasteiger partial charge in [0.1, 0.15) is 12.4 Å².